The smallest absolute Gasteiger partial charge is 0.221 e. The van der Waals surface area contributed by atoms with Gasteiger partial charge in [0.25, 0.3) is 0 Å². The number of carbonyl (C=O) groups is 1. The summed E-state index contributed by atoms with van der Waals surface area (Å²) in [6.45, 7) is 7.87. The normalized spacial score (nSPS) is 17.9. The fourth-order valence-corrected chi connectivity index (χ4v) is 4.44. The Labute approximate surface area is 177 Å². The van der Waals surface area contributed by atoms with Crippen LogP contribution in [-0.4, -0.2) is 11.6 Å². The van der Waals surface area contributed by atoms with Crippen LogP contribution in [0.2, 0.25) is 0 Å². The molecule has 4 rings (SSSR count). The maximum absolute atomic E-state index is 11.8. The van der Waals surface area contributed by atoms with Crippen LogP contribution in [0, 0.1) is 20.8 Å². The highest BCUT2D eigenvalue weighted by atomic mass is 16.6. The molecular formula is C26H26N2O2. The second-order valence-electron chi connectivity index (χ2n) is 7.93. The van der Waals surface area contributed by atoms with E-state index in [1.807, 2.05) is 42.5 Å². The Kier molecular flexibility index (Phi) is 5.40. The van der Waals surface area contributed by atoms with Crippen LogP contribution in [0.4, 0.5) is 5.69 Å². The van der Waals surface area contributed by atoms with Crippen molar-refractivity contribution in [2.24, 2.45) is 5.16 Å². The van der Waals surface area contributed by atoms with Crippen molar-refractivity contribution in [3.63, 3.8) is 0 Å². The molecule has 1 N–H and O–H groups in total. The molecule has 3 aromatic rings. The SMILES string of the molecule is CC(=O)Nc1ccccc1[C@@H]1ON=C(c2c(C)cc(C)cc2C)[C@H]1c1ccccc1. The highest BCUT2D eigenvalue weighted by molar-refractivity contribution is 6.08. The standard InChI is InChI=1S/C26H26N2O2/c1-16-14-17(2)23(18(3)15-16)25-24(20-10-6-5-7-11-20)26(30-28-25)21-12-8-9-13-22(21)27-19(4)29/h5-15,24,26H,1-4H3,(H,27,29)/t24-,26+/m1/s1. The van der Waals surface area contributed by atoms with Gasteiger partial charge in [-0.25, -0.2) is 0 Å². The van der Waals surface area contributed by atoms with Gasteiger partial charge in [0, 0.05) is 23.7 Å². The predicted octanol–water partition coefficient (Wildman–Crippen LogP) is 5.83. The van der Waals surface area contributed by atoms with Crippen LogP contribution in [0.15, 0.2) is 71.9 Å². The van der Waals surface area contributed by atoms with Crippen molar-refractivity contribution in [1.82, 2.24) is 0 Å². The number of nitrogens with zero attached hydrogens (tertiary/aromatic N) is 1. The fourth-order valence-electron chi connectivity index (χ4n) is 4.44. The minimum atomic E-state index is -0.328. The number of anilines is 1. The van der Waals surface area contributed by atoms with Gasteiger partial charge in [-0.15, -0.1) is 0 Å². The molecule has 4 nitrogen and oxygen atoms in total. The first-order chi connectivity index (χ1) is 14.5. The molecule has 0 saturated carbocycles. The number of oxime groups is 1. The number of carbonyl (C=O) groups excluding carboxylic acids is 1. The molecule has 0 aliphatic carbocycles. The monoisotopic (exact) mass is 398 g/mol. The topological polar surface area (TPSA) is 50.7 Å². The Bertz CT molecular complexity index is 1100. The Hall–Kier alpha value is -3.40. The number of nitrogens with one attached hydrogen (secondary N) is 1. The Morgan fingerprint density at radius 1 is 0.933 bits per heavy atom. The second kappa shape index (κ2) is 8.15. The van der Waals surface area contributed by atoms with E-state index in [4.69, 9.17) is 4.84 Å². The van der Waals surface area contributed by atoms with E-state index in [-0.39, 0.29) is 17.9 Å². The van der Waals surface area contributed by atoms with Gasteiger partial charge in [-0.3, -0.25) is 4.79 Å². The van der Waals surface area contributed by atoms with Crippen LogP contribution in [0.3, 0.4) is 0 Å². The van der Waals surface area contributed by atoms with Gasteiger partial charge >= 0.3 is 0 Å². The number of aryl methyl sites for hydroxylation is 3. The van der Waals surface area contributed by atoms with Gasteiger partial charge in [0.1, 0.15) is 0 Å². The minimum Gasteiger partial charge on any atom is -0.386 e. The van der Waals surface area contributed by atoms with Gasteiger partial charge in [-0.05, 0) is 43.5 Å². The van der Waals surface area contributed by atoms with Crippen molar-refractivity contribution in [3.05, 3.63) is 100 Å². The Morgan fingerprint density at radius 2 is 1.57 bits per heavy atom. The molecule has 0 spiro atoms. The van der Waals surface area contributed by atoms with Gasteiger partial charge < -0.3 is 10.2 Å². The predicted molar refractivity (Wildman–Crippen MR) is 121 cm³/mol. The molecule has 0 radical (unpaired) electrons. The summed E-state index contributed by atoms with van der Waals surface area (Å²) in [5.41, 5.74) is 8.48. The highest BCUT2D eigenvalue weighted by Crippen LogP contribution is 2.45. The summed E-state index contributed by atoms with van der Waals surface area (Å²) < 4.78 is 0. The molecule has 0 aromatic heterocycles. The summed E-state index contributed by atoms with van der Waals surface area (Å²) in [5, 5.41) is 7.53. The van der Waals surface area contributed by atoms with E-state index in [0.717, 1.165) is 28.1 Å². The zero-order chi connectivity index (χ0) is 21.3. The first-order valence-electron chi connectivity index (χ1n) is 10.2. The number of rotatable bonds is 4. The van der Waals surface area contributed by atoms with E-state index >= 15 is 0 Å². The molecule has 3 aromatic carbocycles. The molecule has 152 valence electrons. The summed E-state index contributed by atoms with van der Waals surface area (Å²) in [6.07, 6.45) is -0.328. The van der Waals surface area contributed by atoms with Crippen LogP contribution in [0.5, 0.6) is 0 Å². The first-order valence-corrected chi connectivity index (χ1v) is 10.2. The number of hydrogen-bond donors (Lipinski definition) is 1. The van der Waals surface area contributed by atoms with Crippen LogP contribution in [-0.2, 0) is 9.63 Å². The van der Waals surface area contributed by atoms with Crippen molar-refractivity contribution < 1.29 is 9.63 Å². The average Bonchev–Trinajstić information content (AvgIpc) is 3.12. The summed E-state index contributed by atoms with van der Waals surface area (Å²) in [4.78, 5) is 17.8. The Morgan fingerprint density at radius 3 is 2.23 bits per heavy atom. The van der Waals surface area contributed by atoms with Crippen LogP contribution in [0.1, 0.15) is 52.3 Å². The van der Waals surface area contributed by atoms with Gasteiger partial charge in [0.2, 0.25) is 5.91 Å². The molecular weight excluding hydrogens is 372 g/mol. The molecule has 4 heteroatoms. The quantitative estimate of drug-likeness (QED) is 0.601. The van der Waals surface area contributed by atoms with E-state index in [1.165, 1.54) is 23.6 Å². The van der Waals surface area contributed by atoms with Crippen LogP contribution >= 0.6 is 0 Å². The third-order valence-electron chi connectivity index (χ3n) is 5.53. The second-order valence-corrected chi connectivity index (χ2v) is 7.93. The molecule has 0 unspecified atom stereocenters. The molecule has 1 amide bonds. The molecule has 1 aliphatic rings. The van der Waals surface area contributed by atoms with Crippen molar-refractivity contribution in [1.29, 1.82) is 0 Å². The highest BCUT2D eigenvalue weighted by Gasteiger charge is 2.39. The number of para-hydroxylation sites is 1. The lowest BCUT2D eigenvalue weighted by molar-refractivity contribution is -0.114. The van der Waals surface area contributed by atoms with Crippen molar-refractivity contribution in [2.45, 2.75) is 39.7 Å². The number of hydrogen-bond acceptors (Lipinski definition) is 3. The van der Waals surface area contributed by atoms with E-state index in [0.29, 0.717) is 0 Å². The van der Waals surface area contributed by atoms with Gasteiger partial charge in [0.15, 0.2) is 6.10 Å². The lowest BCUT2D eigenvalue weighted by Gasteiger charge is -2.23. The summed E-state index contributed by atoms with van der Waals surface area (Å²) >= 11 is 0. The molecule has 0 saturated heterocycles. The molecule has 0 bridgehead atoms. The summed E-state index contributed by atoms with van der Waals surface area (Å²) in [7, 11) is 0. The van der Waals surface area contributed by atoms with Crippen molar-refractivity contribution >= 4 is 17.3 Å². The maximum atomic E-state index is 11.8. The molecule has 1 aliphatic heterocycles. The third kappa shape index (κ3) is 3.73. The van der Waals surface area contributed by atoms with Crippen LogP contribution < -0.4 is 5.32 Å². The van der Waals surface area contributed by atoms with Crippen molar-refractivity contribution in [3.8, 4) is 0 Å². The Balaban J connectivity index is 1.85. The molecule has 0 fully saturated rings. The molecule has 2 atom stereocenters. The first kappa shape index (κ1) is 19.9. The minimum absolute atomic E-state index is 0.0822. The number of amides is 1. The lowest BCUT2D eigenvalue weighted by Crippen LogP contribution is -2.20. The van der Waals surface area contributed by atoms with Gasteiger partial charge in [-0.1, -0.05) is 71.4 Å². The molecule has 1 heterocycles. The largest absolute Gasteiger partial charge is 0.386 e. The van der Waals surface area contributed by atoms with E-state index < -0.39 is 0 Å². The van der Waals surface area contributed by atoms with Crippen molar-refractivity contribution in [2.75, 3.05) is 5.32 Å². The van der Waals surface area contributed by atoms with E-state index in [2.05, 4.69) is 55.5 Å². The summed E-state index contributed by atoms with van der Waals surface area (Å²) in [5.74, 6) is -0.190. The fraction of sp³-hybridized carbons (Fsp3) is 0.231. The van der Waals surface area contributed by atoms with Gasteiger partial charge in [-0.2, -0.15) is 0 Å². The van der Waals surface area contributed by atoms with Crippen LogP contribution in [0.25, 0.3) is 0 Å². The maximum Gasteiger partial charge on any atom is 0.221 e. The lowest BCUT2D eigenvalue weighted by atomic mass is 9.80. The third-order valence-corrected chi connectivity index (χ3v) is 5.53. The zero-order valence-electron chi connectivity index (χ0n) is 17.8. The van der Waals surface area contributed by atoms with Gasteiger partial charge in [0.05, 0.1) is 11.6 Å². The van der Waals surface area contributed by atoms with E-state index in [9.17, 15) is 4.79 Å². The zero-order valence-corrected chi connectivity index (χ0v) is 17.8. The summed E-state index contributed by atoms with van der Waals surface area (Å²) in [6, 6.07) is 22.5. The van der Waals surface area contributed by atoms with E-state index in [1.54, 1.807) is 0 Å². The average molecular weight is 399 g/mol. The number of benzene rings is 3. The molecule has 30 heavy (non-hydrogen) atoms.